The van der Waals surface area contributed by atoms with E-state index in [9.17, 15) is 13.2 Å². The zero-order chi connectivity index (χ0) is 23.9. The van der Waals surface area contributed by atoms with E-state index < -0.39 is 17.3 Å². The number of hydrogen-bond acceptors (Lipinski definition) is 4. The van der Waals surface area contributed by atoms with E-state index in [0.29, 0.717) is 17.1 Å². The van der Waals surface area contributed by atoms with E-state index in [-0.39, 0.29) is 26.9 Å². The molecule has 0 unspecified atom stereocenters. The number of hydrogen-bond donors (Lipinski definition) is 0. The van der Waals surface area contributed by atoms with Crippen LogP contribution in [0.1, 0.15) is 30.9 Å². The summed E-state index contributed by atoms with van der Waals surface area (Å²) in [4.78, 5) is 14.1. The quantitative estimate of drug-likeness (QED) is 0.230. The summed E-state index contributed by atoms with van der Waals surface area (Å²) in [5.41, 5.74) is 1.84. The first-order chi connectivity index (χ1) is 16.2. The van der Waals surface area contributed by atoms with E-state index in [4.69, 9.17) is 4.98 Å². The molecule has 0 saturated carbocycles. The van der Waals surface area contributed by atoms with Crippen LogP contribution in [0.3, 0.4) is 0 Å². The van der Waals surface area contributed by atoms with Gasteiger partial charge in [-0.1, -0.05) is 48.0 Å². The zero-order valence-corrected chi connectivity index (χ0v) is 20.9. The Labute approximate surface area is 214 Å². The van der Waals surface area contributed by atoms with Gasteiger partial charge in [0, 0.05) is 22.3 Å². The van der Waals surface area contributed by atoms with Gasteiger partial charge in [-0.15, -0.1) is 12.1 Å². The van der Waals surface area contributed by atoms with Crippen LogP contribution in [0, 0.1) is 12.3 Å². The van der Waals surface area contributed by atoms with Gasteiger partial charge < -0.3 is 9.67 Å². The third kappa shape index (κ3) is 4.89. The number of aromatic nitrogens is 5. The average Bonchev–Trinajstić information content (AvgIpc) is 3.35. The first-order valence-corrected chi connectivity index (χ1v) is 10.5. The average molecular weight is 653 g/mol. The molecule has 0 N–H and O–H groups in total. The van der Waals surface area contributed by atoms with Crippen molar-refractivity contribution in [3.05, 3.63) is 102 Å². The number of halogens is 3. The Morgan fingerprint density at radius 3 is 2.23 bits per heavy atom. The molecule has 0 spiro atoms. The van der Waals surface area contributed by atoms with Crippen molar-refractivity contribution in [1.82, 2.24) is 24.7 Å². The zero-order valence-electron chi connectivity index (χ0n) is 18.6. The minimum atomic E-state index is -4.54. The first kappa shape index (κ1) is 24.7. The predicted molar refractivity (Wildman–Crippen MR) is 121 cm³/mol. The van der Waals surface area contributed by atoms with Gasteiger partial charge in [-0.05, 0) is 43.4 Å². The fraction of sp³-hybridized carbons (Fsp3) is 0.154. The molecule has 0 atom stereocenters. The van der Waals surface area contributed by atoms with Crippen LogP contribution in [0.15, 0.2) is 72.8 Å². The Morgan fingerprint density at radius 1 is 0.771 bits per heavy atom. The molecule has 0 saturated heterocycles. The van der Waals surface area contributed by atoms with E-state index in [1.807, 2.05) is 68.4 Å². The molecule has 5 aromatic rings. The molecular formula is C26H18F3N5Pt. The molecule has 0 amide bonds. The van der Waals surface area contributed by atoms with Gasteiger partial charge in [-0.3, -0.25) is 15.1 Å². The summed E-state index contributed by atoms with van der Waals surface area (Å²) in [5.74, 6) is 0.238. The second kappa shape index (κ2) is 9.34. The molecule has 0 fully saturated rings. The molecule has 0 aliphatic carbocycles. The van der Waals surface area contributed by atoms with Crippen LogP contribution in [0.2, 0.25) is 0 Å². The molecule has 178 valence electrons. The van der Waals surface area contributed by atoms with Gasteiger partial charge in [0.1, 0.15) is 0 Å². The second-order valence-corrected chi connectivity index (χ2v) is 8.29. The van der Waals surface area contributed by atoms with Crippen LogP contribution in [-0.4, -0.2) is 24.7 Å². The van der Waals surface area contributed by atoms with Gasteiger partial charge in [0.2, 0.25) is 0 Å². The molecule has 9 heteroatoms. The van der Waals surface area contributed by atoms with Gasteiger partial charge in [0.25, 0.3) is 0 Å². The van der Waals surface area contributed by atoms with Crippen molar-refractivity contribution in [2.75, 3.05) is 0 Å². The smallest absolute Gasteiger partial charge is 0.343 e. The molecule has 35 heavy (non-hydrogen) atoms. The Kier molecular flexibility index (Phi) is 6.60. The SMILES string of the molecule is CC(C)(c1cccc(-c2[c-]cc3ccccc3n2)n1)c1cccc(-n2[c-]cc(C(F)(F)F)n2)n1.[Pt+2]. The number of rotatable bonds is 4. The Bertz CT molecular complexity index is 1490. The van der Waals surface area contributed by atoms with Crippen molar-refractivity contribution in [2.45, 2.75) is 25.4 Å². The minimum Gasteiger partial charge on any atom is -0.343 e. The third-order valence-electron chi connectivity index (χ3n) is 5.58. The fourth-order valence-electron chi connectivity index (χ4n) is 3.62. The van der Waals surface area contributed by atoms with Gasteiger partial charge in [-0.2, -0.15) is 25.3 Å². The van der Waals surface area contributed by atoms with Crippen molar-refractivity contribution in [3.63, 3.8) is 0 Å². The second-order valence-electron chi connectivity index (χ2n) is 8.29. The molecule has 5 rings (SSSR count). The van der Waals surface area contributed by atoms with Crippen molar-refractivity contribution < 1.29 is 34.2 Å². The van der Waals surface area contributed by atoms with Crippen LogP contribution in [0.4, 0.5) is 13.2 Å². The summed E-state index contributed by atoms with van der Waals surface area (Å²) in [6, 6.07) is 24.5. The maximum atomic E-state index is 12.9. The maximum absolute atomic E-state index is 12.9. The van der Waals surface area contributed by atoms with E-state index in [2.05, 4.69) is 27.3 Å². The van der Waals surface area contributed by atoms with Crippen LogP contribution < -0.4 is 0 Å². The number of benzene rings is 1. The summed E-state index contributed by atoms with van der Waals surface area (Å²) >= 11 is 0. The summed E-state index contributed by atoms with van der Waals surface area (Å²) in [5, 5.41) is 4.57. The normalized spacial score (nSPS) is 11.9. The van der Waals surface area contributed by atoms with E-state index in [0.717, 1.165) is 27.3 Å². The van der Waals surface area contributed by atoms with Gasteiger partial charge in [0.05, 0.1) is 11.5 Å². The first-order valence-electron chi connectivity index (χ1n) is 10.5. The summed E-state index contributed by atoms with van der Waals surface area (Å²) in [7, 11) is 0. The number of nitrogens with zero attached hydrogens (tertiary/aromatic N) is 5. The van der Waals surface area contributed by atoms with Gasteiger partial charge in [0.15, 0.2) is 0 Å². The van der Waals surface area contributed by atoms with Crippen LogP contribution in [0.25, 0.3) is 28.1 Å². The number of pyridine rings is 3. The summed E-state index contributed by atoms with van der Waals surface area (Å²) in [6.07, 6.45) is -2.06. The number of fused-ring (bicyclic) bond motifs is 1. The largest absolute Gasteiger partial charge is 2.00 e. The standard InChI is InChI=1S/C26H18F3N5.Pt/c1-25(2,22-11-6-12-24(32-22)34-16-15-23(33-34)26(27,28)29)21-10-5-9-19(31-21)20-14-13-17-7-3-4-8-18(17)30-20;/h3-13,15H,1-2H3;/q-2;+2. The van der Waals surface area contributed by atoms with Gasteiger partial charge in [-0.25, -0.2) is 0 Å². The topological polar surface area (TPSA) is 56.5 Å². The van der Waals surface area contributed by atoms with Crippen molar-refractivity contribution in [1.29, 1.82) is 0 Å². The molecular weight excluding hydrogens is 634 g/mol. The van der Waals surface area contributed by atoms with Crippen molar-refractivity contribution in [3.8, 4) is 17.2 Å². The van der Waals surface area contributed by atoms with Crippen LogP contribution >= 0.6 is 0 Å². The molecule has 0 bridgehead atoms. The van der Waals surface area contributed by atoms with E-state index >= 15 is 0 Å². The molecule has 0 radical (unpaired) electrons. The minimum absolute atomic E-state index is 0. The molecule has 4 aromatic heterocycles. The maximum Gasteiger partial charge on any atom is 2.00 e. The Morgan fingerprint density at radius 2 is 1.49 bits per heavy atom. The molecule has 5 nitrogen and oxygen atoms in total. The summed E-state index contributed by atoms with van der Waals surface area (Å²) in [6.45, 7) is 3.91. The molecule has 4 heterocycles. The molecule has 0 aliphatic heterocycles. The van der Waals surface area contributed by atoms with E-state index in [1.54, 1.807) is 12.1 Å². The number of para-hydroxylation sites is 1. The van der Waals surface area contributed by atoms with Gasteiger partial charge >= 0.3 is 27.2 Å². The predicted octanol–water partition coefficient (Wildman–Crippen LogP) is 5.82. The summed E-state index contributed by atoms with van der Waals surface area (Å²) < 4.78 is 39.8. The fourth-order valence-corrected chi connectivity index (χ4v) is 3.62. The Hall–Kier alpha value is -3.38. The monoisotopic (exact) mass is 652 g/mol. The number of alkyl halides is 3. The third-order valence-corrected chi connectivity index (χ3v) is 5.58. The van der Waals surface area contributed by atoms with Crippen LogP contribution in [-0.2, 0) is 32.7 Å². The molecule has 1 aromatic carbocycles. The molecule has 0 aliphatic rings. The van der Waals surface area contributed by atoms with E-state index in [1.165, 1.54) is 0 Å². The van der Waals surface area contributed by atoms with Crippen molar-refractivity contribution in [2.24, 2.45) is 0 Å². The Balaban J connectivity index is 0.00000289. The van der Waals surface area contributed by atoms with Crippen molar-refractivity contribution >= 4 is 10.9 Å². The van der Waals surface area contributed by atoms with Crippen LogP contribution in [0.5, 0.6) is 0 Å².